The quantitative estimate of drug-likeness (QED) is 0.854. The fourth-order valence-corrected chi connectivity index (χ4v) is 3.16. The van der Waals surface area contributed by atoms with E-state index in [4.69, 9.17) is 0 Å². The first-order chi connectivity index (χ1) is 10.6. The van der Waals surface area contributed by atoms with Crippen molar-refractivity contribution in [2.45, 2.75) is 18.2 Å². The van der Waals surface area contributed by atoms with E-state index in [1.165, 1.54) is 25.1 Å². The number of aryl methyl sites for hydroxylation is 1. The van der Waals surface area contributed by atoms with Gasteiger partial charge in [0, 0.05) is 0 Å². The van der Waals surface area contributed by atoms with E-state index in [2.05, 4.69) is 4.74 Å². The third-order valence-electron chi connectivity index (χ3n) is 2.80. The molecule has 0 aliphatic rings. The zero-order valence-electron chi connectivity index (χ0n) is 11.7. The van der Waals surface area contributed by atoms with Crippen LogP contribution in [0.25, 0.3) is 0 Å². The zero-order chi connectivity index (χ0) is 17.3. The van der Waals surface area contributed by atoms with Crippen LogP contribution >= 0.6 is 0 Å². The smallest absolute Gasteiger partial charge is 0.404 e. The number of anilines is 1. The van der Waals surface area contributed by atoms with Gasteiger partial charge in [0.15, 0.2) is 5.75 Å². The highest BCUT2D eigenvalue weighted by Gasteiger charge is 2.32. The largest absolute Gasteiger partial charge is 0.573 e. The van der Waals surface area contributed by atoms with Gasteiger partial charge in [0.2, 0.25) is 0 Å². The summed E-state index contributed by atoms with van der Waals surface area (Å²) in [7, 11) is -4.28. The third kappa shape index (κ3) is 4.35. The summed E-state index contributed by atoms with van der Waals surface area (Å²) in [5, 5.41) is 0. The van der Waals surface area contributed by atoms with Crippen molar-refractivity contribution in [2.75, 3.05) is 4.72 Å². The average molecular weight is 349 g/mol. The average Bonchev–Trinajstić information content (AvgIpc) is 2.42. The molecule has 0 heterocycles. The highest BCUT2D eigenvalue weighted by molar-refractivity contribution is 7.92. The number of rotatable bonds is 4. The maximum Gasteiger partial charge on any atom is 0.573 e. The molecule has 0 amide bonds. The predicted molar refractivity (Wildman–Crippen MR) is 75.1 cm³/mol. The summed E-state index contributed by atoms with van der Waals surface area (Å²) in [6, 6.07) is 7.77. The molecule has 0 saturated carbocycles. The Kier molecular flexibility index (Phi) is 4.51. The van der Waals surface area contributed by atoms with Crippen molar-refractivity contribution in [2.24, 2.45) is 0 Å². The van der Waals surface area contributed by atoms with Crippen molar-refractivity contribution in [3.8, 4) is 5.75 Å². The Morgan fingerprint density at radius 2 is 1.74 bits per heavy atom. The molecule has 2 aromatic rings. The summed E-state index contributed by atoms with van der Waals surface area (Å²) in [5.74, 6) is -1.49. The van der Waals surface area contributed by atoms with Gasteiger partial charge in [0.05, 0.1) is 10.6 Å². The lowest BCUT2D eigenvalue weighted by Crippen LogP contribution is -2.20. The van der Waals surface area contributed by atoms with Crippen LogP contribution in [0.15, 0.2) is 47.4 Å². The molecule has 0 fully saturated rings. The fraction of sp³-hybridized carbons (Fsp3) is 0.143. The van der Waals surface area contributed by atoms with Gasteiger partial charge >= 0.3 is 6.36 Å². The van der Waals surface area contributed by atoms with Crippen molar-refractivity contribution in [3.05, 3.63) is 53.8 Å². The van der Waals surface area contributed by atoms with Gasteiger partial charge in [0.1, 0.15) is 5.82 Å². The molecule has 23 heavy (non-hydrogen) atoms. The van der Waals surface area contributed by atoms with Crippen LogP contribution in [-0.4, -0.2) is 14.8 Å². The number of para-hydroxylation sites is 2. The maximum atomic E-state index is 13.3. The van der Waals surface area contributed by atoms with E-state index in [1.807, 2.05) is 4.72 Å². The molecule has 0 aromatic heterocycles. The van der Waals surface area contributed by atoms with Gasteiger partial charge in [-0.1, -0.05) is 18.2 Å². The molecule has 1 N–H and O–H groups in total. The first-order valence-electron chi connectivity index (χ1n) is 6.22. The number of nitrogens with one attached hydrogen (secondary N) is 1. The second-order valence-corrected chi connectivity index (χ2v) is 6.21. The maximum absolute atomic E-state index is 13.3. The topological polar surface area (TPSA) is 55.4 Å². The van der Waals surface area contributed by atoms with Crippen LogP contribution in [-0.2, 0) is 10.0 Å². The first kappa shape index (κ1) is 17.1. The Morgan fingerprint density at radius 3 is 2.39 bits per heavy atom. The van der Waals surface area contributed by atoms with E-state index >= 15 is 0 Å². The van der Waals surface area contributed by atoms with Crippen LogP contribution in [0.3, 0.4) is 0 Å². The summed E-state index contributed by atoms with van der Waals surface area (Å²) >= 11 is 0. The lowest BCUT2D eigenvalue weighted by atomic mass is 10.2. The monoisotopic (exact) mass is 349 g/mol. The second-order valence-electron chi connectivity index (χ2n) is 4.56. The number of ether oxygens (including phenoxy) is 1. The highest BCUT2D eigenvalue weighted by atomic mass is 32.2. The highest BCUT2D eigenvalue weighted by Crippen LogP contribution is 2.31. The van der Waals surface area contributed by atoms with Crippen LogP contribution in [0.2, 0.25) is 0 Å². The van der Waals surface area contributed by atoms with E-state index in [0.717, 1.165) is 24.3 Å². The van der Waals surface area contributed by atoms with E-state index in [-0.39, 0.29) is 10.5 Å². The number of hydrogen-bond acceptors (Lipinski definition) is 3. The minimum atomic E-state index is -4.98. The lowest BCUT2D eigenvalue weighted by molar-refractivity contribution is -0.274. The zero-order valence-corrected chi connectivity index (χ0v) is 12.5. The number of hydrogen-bond donors (Lipinski definition) is 1. The Morgan fingerprint density at radius 1 is 1.09 bits per heavy atom. The number of alkyl halides is 3. The van der Waals surface area contributed by atoms with E-state index in [9.17, 15) is 26.0 Å². The van der Waals surface area contributed by atoms with Crippen LogP contribution in [0, 0.1) is 12.7 Å². The van der Waals surface area contributed by atoms with Gasteiger partial charge in [-0.05, 0) is 36.8 Å². The predicted octanol–water partition coefficient (Wildman–Crippen LogP) is 3.83. The summed E-state index contributed by atoms with van der Waals surface area (Å²) < 4.78 is 80.6. The molecule has 0 aliphatic heterocycles. The third-order valence-corrected chi connectivity index (χ3v) is 4.30. The molecule has 0 atom stereocenters. The van der Waals surface area contributed by atoms with Gasteiger partial charge in [-0.25, -0.2) is 12.8 Å². The molecule has 9 heteroatoms. The summed E-state index contributed by atoms with van der Waals surface area (Å²) in [6.45, 7) is 1.44. The molecule has 0 aliphatic carbocycles. The van der Waals surface area contributed by atoms with Gasteiger partial charge in [-0.15, -0.1) is 13.2 Å². The minimum Gasteiger partial charge on any atom is -0.404 e. The van der Waals surface area contributed by atoms with Crippen molar-refractivity contribution in [1.29, 1.82) is 0 Å². The van der Waals surface area contributed by atoms with Gasteiger partial charge < -0.3 is 4.74 Å². The summed E-state index contributed by atoms with van der Waals surface area (Å²) in [4.78, 5) is -0.376. The number of benzene rings is 2. The molecule has 4 nitrogen and oxygen atoms in total. The SMILES string of the molecule is Cc1ccc(F)cc1S(=O)(=O)Nc1ccccc1OC(F)(F)F. The molecule has 0 saturated heterocycles. The summed E-state index contributed by atoms with van der Waals surface area (Å²) in [6.07, 6.45) is -4.98. The molecule has 0 radical (unpaired) electrons. The molecule has 2 rings (SSSR count). The number of sulfonamides is 1. The molecule has 124 valence electrons. The van der Waals surface area contributed by atoms with Crippen molar-refractivity contribution < 1.29 is 30.7 Å². The molecular weight excluding hydrogens is 338 g/mol. The summed E-state index contributed by atoms with van der Waals surface area (Å²) in [5.41, 5.74) is -0.165. The molecule has 0 spiro atoms. The Labute approximate surface area is 129 Å². The molecule has 2 aromatic carbocycles. The normalized spacial score (nSPS) is 12.0. The molecular formula is C14H11F4NO3S. The van der Waals surface area contributed by atoms with Crippen LogP contribution in [0.5, 0.6) is 5.75 Å². The molecule has 0 unspecified atom stereocenters. The van der Waals surface area contributed by atoms with Crippen molar-refractivity contribution in [1.82, 2.24) is 0 Å². The Hall–Kier alpha value is -2.29. The first-order valence-corrected chi connectivity index (χ1v) is 7.70. The van der Waals surface area contributed by atoms with E-state index in [0.29, 0.717) is 0 Å². The van der Waals surface area contributed by atoms with E-state index in [1.54, 1.807) is 0 Å². The van der Waals surface area contributed by atoms with Gasteiger partial charge in [-0.3, -0.25) is 4.72 Å². The second kappa shape index (κ2) is 6.07. The van der Waals surface area contributed by atoms with Crippen molar-refractivity contribution in [3.63, 3.8) is 0 Å². The number of halogens is 4. The standard InChI is InChI=1S/C14H11F4NO3S/c1-9-6-7-10(15)8-13(9)23(20,21)19-11-4-2-3-5-12(11)22-14(16,17)18/h2-8,19H,1H3. The molecule has 0 bridgehead atoms. The Bertz CT molecular complexity index is 819. The lowest BCUT2D eigenvalue weighted by Gasteiger charge is -2.15. The Balaban J connectivity index is 2.40. The van der Waals surface area contributed by atoms with Gasteiger partial charge in [-0.2, -0.15) is 0 Å². The van der Waals surface area contributed by atoms with Crippen LogP contribution < -0.4 is 9.46 Å². The van der Waals surface area contributed by atoms with E-state index < -0.39 is 33.6 Å². The van der Waals surface area contributed by atoms with Crippen LogP contribution in [0.1, 0.15) is 5.56 Å². The van der Waals surface area contributed by atoms with Gasteiger partial charge in [0.25, 0.3) is 10.0 Å². The van der Waals surface area contributed by atoms with Crippen molar-refractivity contribution >= 4 is 15.7 Å². The van der Waals surface area contributed by atoms with Crippen LogP contribution in [0.4, 0.5) is 23.2 Å². The minimum absolute atomic E-state index is 0.244. The fourth-order valence-electron chi connectivity index (χ4n) is 1.83.